The van der Waals surface area contributed by atoms with Crippen LogP contribution in [0.15, 0.2) is 42.5 Å². The average Bonchev–Trinajstić information content (AvgIpc) is 3.11. The molecule has 0 bridgehead atoms. The van der Waals surface area contributed by atoms with Gasteiger partial charge in [0, 0.05) is 38.3 Å². The molecular weight excluding hydrogens is 390 g/mol. The molecule has 0 unspecified atom stereocenters. The van der Waals surface area contributed by atoms with Gasteiger partial charge in [-0.1, -0.05) is 12.1 Å². The number of fused-ring (bicyclic) bond motifs is 1. The predicted molar refractivity (Wildman–Crippen MR) is 124 cm³/mol. The van der Waals surface area contributed by atoms with Crippen molar-refractivity contribution in [2.45, 2.75) is 19.9 Å². The Morgan fingerprint density at radius 3 is 2.68 bits per heavy atom. The number of benzene rings is 2. The van der Waals surface area contributed by atoms with Crippen molar-refractivity contribution in [1.29, 1.82) is 0 Å². The number of methoxy groups -OCH3 is 1. The quantitative estimate of drug-likeness (QED) is 0.635. The van der Waals surface area contributed by atoms with Crippen molar-refractivity contribution in [3.8, 4) is 5.75 Å². The van der Waals surface area contributed by atoms with Gasteiger partial charge in [-0.05, 0) is 62.8 Å². The Kier molecular flexibility index (Phi) is 6.53. The number of likely N-dealkylation sites (N-methyl/N-ethyl adjacent to an activating group) is 1. The van der Waals surface area contributed by atoms with Gasteiger partial charge in [-0.2, -0.15) is 0 Å². The van der Waals surface area contributed by atoms with E-state index in [9.17, 15) is 4.79 Å². The van der Waals surface area contributed by atoms with Gasteiger partial charge in [-0.3, -0.25) is 10.1 Å². The van der Waals surface area contributed by atoms with Crippen LogP contribution >= 0.6 is 0 Å². The first-order valence-corrected chi connectivity index (χ1v) is 10.9. The minimum absolute atomic E-state index is 0.189. The van der Waals surface area contributed by atoms with Gasteiger partial charge in [0.15, 0.2) is 0 Å². The number of anilines is 1. The summed E-state index contributed by atoms with van der Waals surface area (Å²) in [6, 6.07) is 13.4. The third-order valence-corrected chi connectivity index (χ3v) is 5.91. The predicted octanol–water partition coefficient (Wildman–Crippen LogP) is 3.24. The highest BCUT2D eigenvalue weighted by atomic mass is 16.5. The van der Waals surface area contributed by atoms with Gasteiger partial charge in [-0.25, -0.2) is 4.98 Å². The molecule has 1 N–H and O–H groups in total. The number of amides is 1. The maximum absolute atomic E-state index is 12.9. The zero-order valence-corrected chi connectivity index (χ0v) is 18.6. The SMILES string of the molecule is COc1cccc(C(=O)Nc2nc3cc(C)ccc3n2CCCN2CCN(C)CC2)c1. The molecule has 7 nitrogen and oxygen atoms in total. The maximum Gasteiger partial charge on any atom is 0.258 e. The number of carbonyl (C=O) groups is 1. The van der Waals surface area contributed by atoms with E-state index in [1.807, 2.05) is 12.1 Å². The van der Waals surface area contributed by atoms with E-state index in [2.05, 4.69) is 51.9 Å². The van der Waals surface area contributed by atoms with Crippen LogP contribution in [-0.2, 0) is 6.54 Å². The minimum atomic E-state index is -0.189. The Labute approximate surface area is 183 Å². The number of aromatic nitrogens is 2. The molecule has 2 aromatic carbocycles. The van der Waals surface area contributed by atoms with Crippen LogP contribution in [0.4, 0.5) is 5.95 Å². The van der Waals surface area contributed by atoms with E-state index in [1.165, 1.54) is 0 Å². The summed E-state index contributed by atoms with van der Waals surface area (Å²) in [6.45, 7) is 8.37. The molecular formula is C24H31N5O2. The number of rotatable bonds is 7. The van der Waals surface area contributed by atoms with E-state index in [0.29, 0.717) is 17.3 Å². The molecule has 1 saturated heterocycles. The van der Waals surface area contributed by atoms with Gasteiger partial charge in [0.2, 0.25) is 5.95 Å². The molecule has 1 aliphatic heterocycles. The molecule has 0 spiro atoms. The fourth-order valence-corrected chi connectivity index (χ4v) is 4.02. The fourth-order valence-electron chi connectivity index (χ4n) is 4.02. The maximum atomic E-state index is 12.9. The van der Waals surface area contributed by atoms with Crippen LogP contribution < -0.4 is 10.1 Å². The number of hydrogen-bond donors (Lipinski definition) is 1. The molecule has 1 aliphatic rings. The topological polar surface area (TPSA) is 62.6 Å². The summed E-state index contributed by atoms with van der Waals surface area (Å²) in [6.07, 6.45) is 1.01. The third kappa shape index (κ3) is 5.06. The fraction of sp³-hybridized carbons (Fsp3) is 0.417. The molecule has 0 aliphatic carbocycles. The lowest BCUT2D eigenvalue weighted by Crippen LogP contribution is -2.44. The second kappa shape index (κ2) is 9.49. The average molecular weight is 422 g/mol. The van der Waals surface area contributed by atoms with Crippen LogP contribution in [0.3, 0.4) is 0 Å². The van der Waals surface area contributed by atoms with E-state index in [0.717, 1.165) is 62.3 Å². The van der Waals surface area contributed by atoms with E-state index < -0.39 is 0 Å². The molecule has 7 heteroatoms. The monoisotopic (exact) mass is 421 g/mol. The van der Waals surface area contributed by atoms with Gasteiger partial charge < -0.3 is 19.1 Å². The standard InChI is InChI=1S/C24H31N5O2/c1-18-8-9-22-21(16-18)25-24(26-23(30)19-6-4-7-20(17-19)31-3)29(22)11-5-10-28-14-12-27(2)13-15-28/h4,6-9,16-17H,5,10-15H2,1-3H3,(H,25,26,30). The Morgan fingerprint density at radius 1 is 1.10 bits per heavy atom. The summed E-state index contributed by atoms with van der Waals surface area (Å²) >= 11 is 0. The first-order valence-electron chi connectivity index (χ1n) is 10.9. The second-order valence-electron chi connectivity index (χ2n) is 8.26. The molecule has 1 aromatic heterocycles. The number of aryl methyl sites for hydroxylation is 2. The van der Waals surface area contributed by atoms with Crippen molar-refractivity contribution in [2.75, 3.05) is 52.2 Å². The van der Waals surface area contributed by atoms with Gasteiger partial charge in [-0.15, -0.1) is 0 Å². The molecule has 3 aromatic rings. The number of nitrogens with one attached hydrogen (secondary N) is 1. The molecule has 0 atom stereocenters. The molecule has 0 radical (unpaired) electrons. The van der Waals surface area contributed by atoms with Crippen molar-refractivity contribution in [2.24, 2.45) is 0 Å². The Hall–Kier alpha value is -2.90. The highest BCUT2D eigenvalue weighted by Gasteiger charge is 2.17. The number of imidazole rings is 1. The minimum Gasteiger partial charge on any atom is -0.497 e. The summed E-state index contributed by atoms with van der Waals surface area (Å²) in [5, 5.41) is 3.02. The summed E-state index contributed by atoms with van der Waals surface area (Å²) < 4.78 is 7.38. The molecule has 31 heavy (non-hydrogen) atoms. The highest BCUT2D eigenvalue weighted by Crippen LogP contribution is 2.23. The Balaban J connectivity index is 1.52. The lowest BCUT2D eigenvalue weighted by molar-refractivity contribution is 0.102. The number of carbonyl (C=O) groups excluding carboxylic acids is 1. The van der Waals surface area contributed by atoms with Crippen LogP contribution in [-0.4, -0.2) is 72.1 Å². The molecule has 164 valence electrons. The highest BCUT2D eigenvalue weighted by molar-refractivity contribution is 6.04. The van der Waals surface area contributed by atoms with E-state index in [4.69, 9.17) is 9.72 Å². The van der Waals surface area contributed by atoms with Crippen LogP contribution in [0.2, 0.25) is 0 Å². The van der Waals surface area contributed by atoms with Crippen molar-refractivity contribution in [1.82, 2.24) is 19.4 Å². The van der Waals surface area contributed by atoms with Gasteiger partial charge in [0.05, 0.1) is 18.1 Å². The van der Waals surface area contributed by atoms with Crippen LogP contribution in [0.1, 0.15) is 22.3 Å². The van der Waals surface area contributed by atoms with Crippen LogP contribution in [0, 0.1) is 6.92 Å². The van der Waals surface area contributed by atoms with Gasteiger partial charge >= 0.3 is 0 Å². The van der Waals surface area contributed by atoms with Crippen molar-refractivity contribution in [3.05, 3.63) is 53.6 Å². The molecule has 1 amide bonds. The van der Waals surface area contributed by atoms with E-state index >= 15 is 0 Å². The van der Waals surface area contributed by atoms with Gasteiger partial charge in [0.1, 0.15) is 5.75 Å². The zero-order valence-electron chi connectivity index (χ0n) is 18.6. The normalized spacial score (nSPS) is 15.3. The van der Waals surface area contributed by atoms with E-state index in [1.54, 1.807) is 19.2 Å². The summed E-state index contributed by atoms with van der Waals surface area (Å²) in [4.78, 5) is 22.5. The lowest BCUT2D eigenvalue weighted by atomic mass is 10.2. The third-order valence-electron chi connectivity index (χ3n) is 5.91. The molecule has 2 heterocycles. The number of nitrogens with zero attached hydrogens (tertiary/aromatic N) is 4. The lowest BCUT2D eigenvalue weighted by Gasteiger charge is -2.32. The molecule has 0 saturated carbocycles. The smallest absolute Gasteiger partial charge is 0.258 e. The first-order chi connectivity index (χ1) is 15.0. The summed E-state index contributed by atoms with van der Waals surface area (Å²) in [5.74, 6) is 1.06. The van der Waals surface area contributed by atoms with Crippen molar-refractivity contribution >= 4 is 22.9 Å². The van der Waals surface area contributed by atoms with Crippen LogP contribution in [0.5, 0.6) is 5.75 Å². The second-order valence-corrected chi connectivity index (χ2v) is 8.26. The van der Waals surface area contributed by atoms with Crippen molar-refractivity contribution in [3.63, 3.8) is 0 Å². The van der Waals surface area contributed by atoms with Crippen molar-refractivity contribution < 1.29 is 9.53 Å². The Bertz CT molecular complexity index is 1050. The number of hydrogen-bond acceptors (Lipinski definition) is 5. The van der Waals surface area contributed by atoms with E-state index in [-0.39, 0.29) is 5.91 Å². The molecule has 1 fully saturated rings. The summed E-state index contributed by atoms with van der Waals surface area (Å²) in [7, 11) is 3.77. The van der Waals surface area contributed by atoms with Gasteiger partial charge in [0.25, 0.3) is 5.91 Å². The summed E-state index contributed by atoms with van der Waals surface area (Å²) in [5.41, 5.74) is 3.65. The first kappa shape index (κ1) is 21.3. The number of ether oxygens (including phenoxy) is 1. The zero-order chi connectivity index (χ0) is 21.8. The molecule has 4 rings (SSSR count). The Morgan fingerprint density at radius 2 is 1.90 bits per heavy atom. The largest absolute Gasteiger partial charge is 0.497 e. The van der Waals surface area contributed by atoms with Crippen LogP contribution in [0.25, 0.3) is 11.0 Å². The number of piperazine rings is 1.